The third kappa shape index (κ3) is 5.74. The maximum atomic E-state index is 12.5. The third-order valence-electron chi connectivity index (χ3n) is 4.96. The molecule has 27 heavy (non-hydrogen) atoms. The molecule has 1 aromatic carbocycles. The van der Waals surface area contributed by atoms with Crippen molar-refractivity contribution in [2.75, 3.05) is 46.4 Å². The van der Waals surface area contributed by atoms with E-state index < -0.39 is 0 Å². The van der Waals surface area contributed by atoms with Gasteiger partial charge in [0.1, 0.15) is 11.5 Å². The Hall–Kier alpha value is -1.99. The molecule has 2 fully saturated rings. The second-order valence-corrected chi connectivity index (χ2v) is 6.67. The molecule has 1 atom stereocenters. The third-order valence-corrected chi connectivity index (χ3v) is 4.96. The molecule has 0 aromatic heterocycles. The second kappa shape index (κ2) is 10.4. The number of benzene rings is 1. The van der Waals surface area contributed by atoms with Gasteiger partial charge < -0.3 is 24.6 Å². The van der Waals surface area contributed by atoms with Gasteiger partial charge in [0.05, 0.1) is 26.7 Å². The number of nitrogens with zero attached hydrogens (tertiary/aromatic N) is 2. The van der Waals surface area contributed by atoms with Crippen molar-refractivity contribution >= 4 is 24.2 Å². The number of rotatable bonds is 6. The van der Waals surface area contributed by atoms with E-state index in [0.717, 1.165) is 44.0 Å². The number of piperidine rings is 1. The molecule has 2 aliphatic heterocycles. The molecule has 3 rings (SSSR count). The van der Waals surface area contributed by atoms with Crippen LogP contribution in [-0.2, 0) is 9.59 Å². The molecule has 2 amide bonds. The smallest absolute Gasteiger partial charge is 0.236 e. The fourth-order valence-electron chi connectivity index (χ4n) is 3.53. The minimum atomic E-state index is 0. The van der Waals surface area contributed by atoms with Crippen LogP contribution >= 0.6 is 12.4 Å². The molecule has 1 N–H and O–H groups in total. The summed E-state index contributed by atoms with van der Waals surface area (Å²) in [4.78, 5) is 28.4. The maximum absolute atomic E-state index is 12.5. The van der Waals surface area contributed by atoms with Gasteiger partial charge in [-0.1, -0.05) is 0 Å². The summed E-state index contributed by atoms with van der Waals surface area (Å²) in [6.45, 7) is 3.70. The number of carbonyl (C=O) groups is 2. The Morgan fingerprint density at radius 3 is 2.67 bits per heavy atom. The van der Waals surface area contributed by atoms with E-state index in [2.05, 4.69) is 5.32 Å². The zero-order chi connectivity index (χ0) is 18.4. The summed E-state index contributed by atoms with van der Waals surface area (Å²) in [7, 11) is 1.62. The number of hydrogen-bond acceptors (Lipinski definition) is 5. The predicted molar refractivity (Wildman–Crippen MR) is 105 cm³/mol. The molecule has 0 radical (unpaired) electrons. The van der Waals surface area contributed by atoms with Crippen LogP contribution < -0.4 is 14.8 Å². The lowest BCUT2D eigenvalue weighted by Gasteiger charge is -2.41. The van der Waals surface area contributed by atoms with E-state index in [-0.39, 0.29) is 30.3 Å². The first kappa shape index (κ1) is 21.3. The van der Waals surface area contributed by atoms with Crippen molar-refractivity contribution in [1.29, 1.82) is 0 Å². The number of carbonyl (C=O) groups excluding carboxylic acids is 2. The molecule has 8 heteroatoms. The maximum Gasteiger partial charge on any atom is 0.236 e. The Balaban J connectivity index is 0.00000261. The Bertz CT molecular complexity index is 626. The molecule has 1 unspecified atom stereocenters. The SMILES string of the molecule is COc1ccc(OCCC(=O)N2CCCC(N3CCNCC3=O)C2)cc1.Cl. The Morgan fingerprint density at radius 1 is 1.22 bits per heavy atom. The van der Waals surface area contributed by atoms with Crippen LogP contribution in [0.1, 0.15) is 19.3 Å². The van der Waals surface area contributed by atoms with Gasteiger partial charge in [-0.25, -0.2) is 0 Å². The number of halogens is 1. The van der Waals surface area contributed by atoms with Gasteiger partial charge in [-0.2, -0.15) is 0 Å². The molecule has 2 saturated heterocycles. The summed E-state index contributed by atoms with van der Waals surface area (Å²) in [5.41, 5.74) is 0. The van der Waals surface area contributed by atoms with Gasteiger partial charge >= 0.3 is 0 Å². The van der Waals surface area contributed by atoms with Crippen LogP contribution in [0.2, 0.25) is 0 Å². The number of ether oxygens (including phenoxy) is 2. The zero-order valence-electron chi connectivity index (χ0n) is 15.7. The number of likely N-dealkylation sites (tertiary alicyclic amines) is 1. The molecule has 0 aliphatic carbocycles. The summed E-state index contributed by atoms with van der Waals surface area (Å²) in [5.74, 6) is 1.72. The van der Waals surface area contributed by atoms with Gasteiger partial charge in [0.25, 0.3) is 0 Å². The highest BCUT2D eigenvalue weighted by Crippen LogP contribution is 2.19. The fraction of sp³-hybridized carbons (Fsp3) is 0.579. The largest absolute Gasteiger partial charge is 0.497 e. The Morgan fingerprint density at radius 2 is 1.96 bits per heavy atom. The van der Waals surface area contributed by atoms with Gasteiger partial charge in [0, 0.05) is 32.2 Å². The second-order valence-electron chi connectivity index (χ2n) is 6.67. The van der Waals surface area contributed by atoms with Crippen molar-refractivity contribution in [2.24, 2.45) is 0 Å². The molecule has 0 saturated carbocycles. The summed E-state index contributed by atoms with van der Waals surface area (Å²) >= 11 is 0. The summed E-state index contributed by atoms with van der Waals surface area (Å²) in [5, 5.41) is 3.09. The first-order valence-electron chi connectivity index (χ1n) is 9.22. The van der Waals surface area contributed by atoms with Crippen LogP contribution in [0.15, 0.2) is 24.3 Å². The molecule has 2 aliphatic rings. The Kier molecular flexibility index (Phi) is 8.19. The van der Waals surface area contributed by atoms with E-state index in [1.807, 2.05) is 34.1 Å². The van der Waals surface area contributed by atoms with Crippen LogP contribution in [0.3, 0.4) is 0 Å². The zero-order valence-corrected chi connectivity index (χ0v) is 16.5. The molecule has 1 aromatic rings. The molecular formula is C19H28ClN3O4. The van der Waals surface area contributed by atoms with E-state index in [0.29, 0.717) is 26.1 Å². The molecule has 0 bridgehead atoms. The summed E-state index contributed by atoms with van der Waals surface area (Å²) < 4.78 is 10.8. The minimum Gasteiger partial charge on any atom is -0.497 e. The molecule has 2 heterocycles. The van der Waals surface area contributed by atoms with Crippen molar-refractivity contribution in [3.8, 4) is 11.5 Å². The molecular weight excluding hydrogens is 370 g/mol. The lowest BCUT2D eigenvalue weighted by Crippen LogP contribution is -2.57. The van der Waals surface area contributed by atoms with E-state index >= 15 is 0 Å². The van der Waals surface area contributed by atoms with E-state index in [9.17, 15) is 9.59 Å². The minimum absolute atomic E-state index is 0. The summed E-state index contributed by atoms with van der Waals surface area (Å²) in [6.07, 6.45) is 2.25. The monoisotopic (exact) mass is 397 g/mol. The van der Waals surface area contributed by atoms with Gasteiger partial charge in [-0.15, -0.1) is 12.4 Å². The van der Waals surface area contributed by atoms with E-state index in [1.165, 1.54) is 0 Å². The number of hydrogen-bond donors (Lipinski definition) is 1. The van der Waals surface area contributed by atoms with Crippen LogP contribution in [-0.4, -0.2) is 74.1 Å². The number of amides is 2. The normalized spacial score (nSPS) is 20.0. The van der Waals surface area contributed by atoms with Crippen molar-refractivity contribution in [2.45, 2.75) is 25.3 Å². The van der Waals surface area contributed by atoms with E-state index in [4.69, 9.17) is 9.47 Å². The standard InChI is InChI=1S/C19H27N3O4.ClH/c1-25-16-4-6-17(7-5-16)26-12-8-18(23)21-10-2-3-15(14-21)22-11-9-20-13-19(22)24;/h4-7,15,20H,2-3,8-14H2,1H3;1H. The van der Waals surface area contributed by atoms with Gasteiger partial charge in [-0.05, 0) is 37.1 Å². The van der Waals surface area contributed by atoms with Crippen LogP contribution in [0.4, 0.5) is 0 Å². The van der Waals surface area contributed by atoms with Crippen molar-refractivity contribution in [3.05, 3.63) is 24.3 Å². The first-order valence-corrected chi connectivity index (χ1v) is 9.22. The van der Waals surface area contributed by atoms with Crippen molar-refractivity contribution in [3.63, 3.8) is 0 Å². The molecule has 0 spiro atoms. The van der Waals surface area contributed by atoms with E-state index in [1.54, 1.807) is 7.11 Å². The fourth-order valence-corrected chi connectivity index (χ4v) is 3.53. The molecule has 7 nitrogen and oxygen atoms in total. The number of nitrogens with one attached hydrogen (secondary N) is 1. The van der Waals surface area contributed by atoms with Gasteiger partial charge in [0.2, 0.25) is 11.8 Å². The first-order chi connectivity index (χ1) is 12.7. The van der Waals surface area contributed by atoms with Crippen LogP contribution in [0.25, 0.3) is 0 Å². The van der Waals surface area contributed by atoms with Crippen LogP contribution in [0.5, 0.6) is 11.5 Å². The summed E-state index contributed by atoms with van der Waals surface area (Å²) in [6, 6.07) is 7.46. The van der Waals surface area contributed by atoms with Crippen molar-refractivity contribution < 1.29 is 19.1 Å². The molecule has 150 valence electrons. The highest BCUT2D eigenvalue weighted by atomic mass is 35.5. The number of piperazine rings is 1. The van der Waals surface area contributed by atoms with Gasteiger partial charge in [-0.3, -0.25) is 9.59 Å². The van der Waals surface area contributed by atoms with Gasteiger partial charge in [0.15, 0.2) is 0 Å². The van der Waals surface area contributed by atoms with Crippen molar-refractivity contribution in [1.82, 2.24) is 15.1 Å². The predicted octanol–water partition coefficient (Wildman–Crippen LogP) is 1.31. The quantitative estimate of drug-likeness (QED) is 0.783. The highest BCUT2D eigenvalue weighted by Gasteiger charge is 2.31. The highest BCUT2D eigenvalue weighted by molar-refractivity contribution is 5.85. The average molecular weight is 398 g/mol. The Labute approximate surface area is 166 Å². The van der Waals surface area contributed by atoms with Crippen LogP contribution in [0, 0.1) is 0 Å². The average Bonchev–Trinajstić information content (AvgIpc) is 2.69. The lowest BCUT2D eigenvalue weighted by atomic mass is 10.0. The topological polar surface area (TPSA) is 71.1 Å². The lowest BCUT2D eigenvalue weighted by molar-refractivity contribution is -0.140. The number of methoxy groups -OCH3 is 1.